The molecule has 0 spiro atoms. The van der Waals surface area contributed by atoms with E-state index < -0.39 is 0 Å². The molecule has 118 valence electrons. The van der Waals surface area contributed by atoms with E-state index in [1.165, 1.54) is 47.9 Å². The van der Waals surface area contributed by atoms with Crippen LogP contribution in [-0.4, -0.2) is 17.5 Å². The Hall–Kier alpha value is -1.60. The monoisotopic (exact) mass is 303 g/mol. The van der Waals surface area contributed by atoms with Crippen LogP contribution in [0.2, 0.25) is 0 Å². The molecule has 2 aromatic rings. The van der Waals surface area contributed by atoms with Crippen molar-refractivity contribution in [1.29, 1.82) is 0 Å². The first-order valence-corrected chi connectivity index (χ1v) is 8.71. The standard InChI is InChI=1S/C22H25N/c1-17-15-19(18-7-5-4-6-8-18)9-10-20(17)22-13-11-21(2,12-14-22)23(3)16-22/h4-10,15H,11-14H2,1-3H3. The smallest absolute Gasteiger partial charge is 0.0733 e. The molecule has 0 amide bonds. The van der Waals surface area contributed by atoms with Crippen molar-refractivity contribution < 1.29 is 0 Å². The molecule has 3 aliphatic rings. The van der Waals surface area contributed by atoms with Crippen LogP contribution >= 0.6 is 0 Å². The molecule has 1 nitrogen and oxygen atoms in total. The summed E-state index contributed by atoms with van der Waals surface area (Å²) in [5, 5.41) is 0. The highest BCUT2D eigenvalue weighted by atomic mass is 15.2. The third-order valence-electron chi connectivity index (χ3n) is 6.22. The number of rotatable bonds is 2. The number of aryl methyl sites for hydroxylation is 1. The van der Waals surface area contributed by atoms with Crippen LogP contribution in [0.25, 0.3) is 11.1 Å². The van der Waals surface area contributed by atoms with E-state index in [0.717, 1.165) is 0 Å². The van der Waals surface area contributed by atoms with Crippen molar-refractivity contribution in [3.63, 3.8) is 0 Å². The third kappa shape index (κ3) is 2.33. The zero-order chi connectivity index (χ0) is 16.1. The SMILES string of the molecule is Cc1cc(-c2ccccc2)ccc1C12[C]N(C)C(C)(CC1)CC2. The van der Waals surface area contributed by atoms with Crippen LogP contribution in [0.5, 0.6) is 0 Å². The second-order valence-corrected chi connectivity index (χ2v) is 7.65. The molecular weight excluding hydrogens is 278 g/mol. The fourth-order valence-electron chi connectivity index (χ4n) is 4.46. The molecule has 2 radical (unpaired) electrons. The largest absolute Gasteiger partial charge is 0.291 e. The van der Waals surface area contributed by atoms with Gasteiger partial charge < -0.3 is 0 Å². The summed E-state index contributed by atoms with van der Waals surface area (Å²) in [5.41, 5.74) is 5.95. The maximum atomic E-state index is 3.82. The number of likely N-dealkylation sites (N-methyl/N-ethyl adjacent to an activating group) is 1. The van der Waals surface area contributed by atoms with Gasteiger partial charge in [-0.05, 0) is 68.8 Å². The zero-order valence-electron chi connectivity index (χ0n) is 14.4. The second-order valence-electron chi connectivity index (χ2n) is 7.65. The van der Waals surface area contributed by atoms with Gasteiger partial charge >= 0.3 is 0 Å². The molecule has 0 atom stereocenters. The van der Waals surface area contributed by atoms with Gasteiger partial charge in [-0.2, -0.15) is 0 Å². The fourth-order valence-corrected chi connectivity index (χ4v) is 4.46. The molecule has 1 saturated carbocycles. The Morgan fingerprint density at radius 2 is 1.61 bits per heavy atom. The van der Waals surface area contributed by atoms with Gasteiger partial charge in [0.2, 0.25) is 0 Å². The summed E-state index contributed by atoms with van der Waals surface area (Å²) in [6.07, 6.45) is 5.02. The number of hydrogen-bond acceptors (Lipinski definition) is 1. The van der Waals surface area contributed by atoms with Crippen LogP contribution < -0.4 is 0 Å². The van der Waals surface area contributed by atoms with E-state index in [1.807, 2.05) is 0 Å². The highest BCUT2D eigenvalue weighted by Gasteiger charge is 2.51. The van der Waals surface area contributed by atoms with Crippen LogP contribution in [0.3, 0.4) is 0 Å². The molecule has 5 rings (SSSR count). The Labute approximate surface area is 140 Å². The number of benzene rings is 2. The lowest BCUT2D eigenvalue weighted by atomic mass is 9.59. The van der Waals surface area contributed by atoms with Gasteiger partial charge in [-0.1, -0.05) is 48.5 Å². The van der Waals surface area contributed by atoms with Crippen LogP contribution in [0.1, 0.15) is 43.7 Å². The molecule has 1 aliphatic carbocycles. The van der Waals surface area contributed by atoms with Crippen LogP contribution in [-0.2, 0) is 5.41 Å². The molecule has 0 aromatic heterocycles. The molecular formula is C22H25N. The maximum absolute atomic E-state index is 3.82. The summed E-state index contributed by atoms with van der Waals surface area (Å²) in [6, 6.07) is 17.7. The predicted molar refractivity (Wildman–Crippen MR) is 96.2 cm³/mol. The van der Waals surface area contributed by atoms with Gasteiger partial charge in [0.1, 0.15) is 0 Å². The highest BCUT2D eigenvalue weighted by molar-refractivity contribution is 5.65. The van der Waals surface area contributed by atoms with Gasteiger partial charge in [0.05, 0.1) is 6.54 Å². The maximum Gasteiger partial charge on any atom is 0.0733 e. The van der Waals surface area contributed by atoms with Crippen molar-refractivity contribution >= 4 is 0 Å². The van der Waals surface area contributed by atoms with E-state index in [0.29, 0.717) is 5.54 Å². The van der Waals surface area contributed by atoms with E-state index in [1.54, 1.807) is 0 Å². The van der Waals surface area contributed by atoms with E-state index in [2.05, 4.69) is 80.9 Å². The topological polar surface area (TPSA) is 3.24 Å². The number of hydrogen-bond donors (Lipinski definition) is 0. The molecule has 0 N–H and O–H groups in total. The Morgan fingerprint density at radius 1 is 0.913 bits per heavy atom. The summed E-state index contributed by atoms with van der Waals surface area (Å²) >= 11 is 0. The van der Waals surface area contributed by atoms with E-state index in [-0.39, 0.29) is 5.41 Å². The van der Waals surface area contributed by atoms with Crippen molar-refractivity contribution in [2.24, 2.45) is 0 Å². The van der Waals surface area contributed by atoms with E-state index >= 15 is 0 Å². The molecule has 2 aliphatic heterocycles. The Balaban J connectivity index is 1.71. The summed E-state index contributed by atoms with van der Waals surface area (Å²) in [6.45, 7) is 8.47. The predicted octanol–water partition coefficient (Wildman–Crippen LogP) is 5.22. The summed E-state index contributed by atoms with van der Waals surface area (Å²) in [7, 11) is 2.21. The Morgan fingerprint density at radius 3 is 2.22 bits per heavy atom. The minimum Gasteiger partial charge on any atom is -0.291 e. The molecule has 2 bridgehead atoms. The van der Waals surface area contributed by atoms with Crippen LogP contribution in [0.15, 0.2) is 48.5 Å². The average molecular weight is 303 g/mol. The van der Waals surface area contributed by atoms with Gasteiger partial charge in [-0.3, -0.25) is 4.90 Å². The summed E-state index contributed by atoms with van der Waals surface area (Å²) < 4.78 is 0. The first kappa shape index (κ1) is 15.0. The summed E-state index contributed by atoms with van der Waals surface area (Å²) in [4.78, 5) is 2.37. The molecule has 3 fully saturated rings. The molecule has 2 aromatic carbocycles. The van der Waals surface area contributed by atoms with Crippen molar-refractivity contribution in [3.05, 3.63) is 66.2 Å². The lowest BCUT2D eigenvalue weighted by Gasteiger charge is -2.57. The van der Waals surface area contributed by atoms with Crippen molar-refractivity contribution in [2.75, 3.05) is 7.05 Å². The number of nitrogens with zero attached hydrogens (tertiary/aromatic N) is 1. The number of piperidine rings is 2. The van der Waals surface area contributed by atoms with Crippen molar-refractivity contribution in [1.82, 2.24) is 4.90 Å². The van der Waals surface area contributed by atoms with Gasteiger partial charge in [-0.25, -0.2) is 0 Å². The van der Waals surface area contributed by atoms with Gasteiger partial charge in [-0.15, -0.1) is 0 Å². The molecule has 2 heterocycles. The fraction of sp³-hybridized carbons (Fsp3) is 0.409. The first-order valence-electron chi connectivity index (χ1n) is 8.71. The Bertz CT molecular complexity index is 708. The van der Waals surface area contributed by atoms with E-state index in [9.17, 15) is 0 Å². The zero-order valence-corrected chi connectivity index (χ0v) is 14.4. The molecule has 2 saturated heterocycles. The lowest BCUT2D eigenvalue weighted by Crippen LogP contribution is -2.58. The van der Waals surface area contributed by atoms with Gasteiger partial charge in [0, 0.05) is 11.0 Å². The Kier molecular flexibility index (Phi) is 3.39. The molecule has 1 heteroatoms. The molecule has 0 unspecified atom stereocenters. The highest BCUT2D eigenvalue weighted by Crippen LogP contribution is 2.53. The van der Waals surface area contributed by atoms with Gasteiger partial charge in [0.15, 0.2) is 0 Å². The minimum absolute atomic E-state index is 0.131. The average Bonchev–Trinajstić information content (AvgIpc) is 2.57. The lowest BCUT2D eigenvalue weighted by molar-refractivity contribution is 0.0160. The van der Waals surface area contributed by atoms with Crippen LogP contribution in [0, 0.1) is 13.5 Å². The summed E-state index contributed by atoms with van der Waals surface area (Å²) in [5.74, 6) is 0. The van der Waals surface area contributed by atoms with Gasteiger partial charge in [0.25, 0.3) is 0 Å². The third-order valence-corrected chi connectivity index (χ3v) is 6.22. The van der Waals surface area contributed by atoms with Crippen LogP contribution in [0.4, 0.5) is 0 Å². The number of fused-ring (bicyclic) bond motifs is 3. The minimum atomic E-state index is 0.131. The second kappa shape index (κ2) is 5.21. The van der Waals surface area contributed by atoms with Crippen molar-refractivity contribution in [3.8, 4) is 11.1 Å². The quantitative estimate of drug-likeness (QED) is 0.735. The van der Waals surface area contributed by atoms with E-state index in [4.69, 9.17) is 0 Å². The van der Waals surface area contributed by atoms with Crippen molar-refractivity contribution in [2.45, 2.75) is 50.5 Å². The first-order chi connectivity index (χ1) is 11.0. The molecule has 23 heavy (non-hydrogen) atoms. The normalized spacial score (nSPS) is 30.6.